The molecule has 0 aromatic carbocycles. The second kappa shape index (κ2) is 7.93. The Morgan fingerprint density at radius 3 is 2.43 bits per heavy atom. The average molecular weight is 288 g/mol. The van der Waals surface area contributed by atoms with Crippen molar-refractivity contribution in [3.8, 4) is 0 Å². The third-order valence-electron chi connectivity index (χ3n) is 5.16. The second-order valence-electron chi connectivity index (χ2n) is 7.46. The van der Waals surface area contributed by atoms with Crippen LogP contribution in [-0.4, -0.2) is 17.6 Å². The van der Waals surface area contributed by atoms with Gasteiger partial charge in [-0.05, 0) is 73.6 Å². The highest BCUT2D eigenvalue weighted by atomic mass is 14.9. The molecule has 21 heavy (non-hydrogen) atoms. The first-order valence-corrected chi connectivity index (χ1v) is 8.68. The number of nitrogens with zero attached hydrogens (tertiary/aromatic N) is 1. The van der Waals surface area contributed by atoms with E-state index in [-0.39, 0.29) is 0 Å². The van der Waals surface area contributed by atoms with E-state index in [9.17, 15) is 0 Å². The lowest BCUT2D eigenvalue weighted by Gasteiger charge is -2.38. The molecule has 1 aromatic rings. The van der Waals surface area contributed by atoms with Crippen LogP contribution in [0.25, 0.3) is 0 Å². The first-order valence-electron chi connectivity index (χ1n) is 8.68. The van der Waals surface area contributed by atoms with Crippen molar-refractivity contribution in [2.24, 2.45) is 23.7 Å². The molecule has 3 atom stereocenters. The second-order valence-corrected chi connectivity index (χ2v) is 7.46. The Kier molecular flexibility index (Phi) is 6.22. The van der Waals surface area contributed by atoms with Crippen molar-refractivity contribution in [3.63, 3.8) is 0 Å². The molecule has 0 aliphatic heterocycles. The third kappa shape index (κ3) is 5.10. The van der Waals surface area contributed by atoms with Crippen LogP contribution in [0.2, 0.25) is 0 Å². The minimum absolute atomic E-state index is 0.592. The summed E-state index contributed by atoms with van der Waals surface area (Å²) in [5.41, 5.74) is 1.45. The summed E-state index contributed by atoms with van der Waals surface area (Å²) in [5, 5.41) is 3.66. The van der Waals surface area contributed by atoms with Crippen molar-refractivity contribution in [2.75, 3.05) is 6.54 Å². The van der Waals surface area contributed by atoms with Crippen molar-refractivity contribution in [1.29, 1.82) is 0 Å². The fourth-order valence-corrected chi connectivity index (χ4v) is 3.70. The maximum absolute atomic E-state index is 4.15. The van der Waals surface area contributed by atoms with Gasteiger partial charge in [-0.3, -0.25) is 4.98 Å². The van der Waals surface area contributed by atoms with Gasteiger partial charge in [0, 0.05) is 18.4 Å². The lowest BCUT2D eigenvalue weighted by atomic mass is 9.68. The van der Waals surface area contributed by atoms with Gasteiger partial charge in [-0.1, -0.05) is 27.7 Å². The molecule has 1 heterocycles. The van der Waals surface area contributed by atoms with E-state index < -0.39 is 0 Å². The van der Waals surface area contributed by atoms with Crippen LogP contribution in [0, 0.1) is 23.7 Å². The van der Waals surface area contributed by atoms with Crippen LogP contribution in [0.5, 0.6) is 0 Å². The predicted molar refractivity (Wildman–Crippen MR) is 90.2 cm³/mol. The van der Waals surface area contributed by atoms with Gasteiger partial charge in [0.15, 0.2) is 0 Å². The minimum Gasteiger partial charge on any atom is -0.314 e. The molecule has 1 aliphatic carbocycles. The van der Waals surface area contributed by atoms with Gasteiger partial charge in [0.25, 0.3) is 0 Å². The zero-order chi connectivity index (χ0) is 15.2. The smallest absolute Gasteiger partial charge is 0.0270 e. The summed E-state index contributed by atoms with van der Waals surface area (Å²) in [4.78, 5) is 4.15. The predicted octanol–water partition coefficient (Wildman–Crippen LogP) is 4.31. The number of hydrogen-bond donors (Lipinski definition) is 1. The van der Waals surface area contributed by atoms with E-state index >= 15 is 0 Å². The Hall–Kier alpha value is -0.890. The van der Waals surface area contributed by atoms with Gasteiger partial charge < -0.3 is 5.32 Å². The van der Waals surface area contributed by atoms with Crippen molar-refractivity contribution < 1.29 is 0 Å². The van der Waals surface area contributed by atoms with Gasteiger partial charge in [-0.25, -0.2) is 0 Å². The summed E-state index contributed by atoms with van der Waals surface area (Å²) in [6, 6.07) is 4.96. The molecule has 1 fully saturated rings. The first-order chi connectivity index (χ1) is 10.1. The average Bonchev–Trinajstić information content (AvgIpc) is 2.46. The van der Waals surface area contributed by atoms with Crippen LogP contribution < -0.4 is 5.32 Å². The summed E-state index contributed by atoms with van der Waals surface area (Å²) in [6.07, 6.45) is 9.27. The van der Waals surface area contributed by atoms with Crippen LogP contribution in [0.3, 0.4) is 0 Å². The van der Waals surface area contributed by atoms with E-state index in [4.69, 9.17) is 0 Å². The molecule has 0 bridgehead atoms. The van der Waals surface area contributed by atoms with Crippen LogP contribution in [-0.2, 0) is 6.42 Å². The van der Waals surface area contributed by atoms with E-state index in [1.54, 1.807) is 0 Å². The first kappa shape index (κ1) is 16.5. The van der Waals surface area contributed by atoms with E-state index in [0.717, 1.165) is 23.7 Å². The largest absolute Gasteiger partial charge is 0.314 e. The van der Waals surface area contributed by atoms with E-state index in [1.807, 2.05) is 12.4 Å². The van der Waals surface area contributed by atoms with E-state index in [2.05, 4.69) is 50.1 Å². The molecule has 2 rings (SSSR count). The Morgan fingerprint density at radius 2 is 1.81 bits per heavy atom. The highest BCUT2D eigenvalue weighted by molar-refractivity contribution is 5.11. The zero-order valence-corrected chi connectivity index (χ0v) is 14.2. The molecule has 0 radical (unpaired) electrons. The Morgan fingerprint density at radius 1 is 1.10 bits per heavy atom. The maximum atomic E-state index is 4.15. The molecule has 2 nitrogen and oxygen atoms in total. The molecule has 118 valence electrons. The van der Waals surface area contributed by atoms with Crippen LogP contribution in [0.4, 0.5) is 0 Å². The molecular weight excluding hydrogens is 256 g/mol. The number of aromatic nitrogens is 1. The molecule has 3 unspecified atom stereocenters. The van der Waals surface area contributed by atoms with E-state index in [1.165, 1.54) is 37.8 Å². The molecule has 1 N–H and O–H groups in total. The SMILES string of the molecule is CC(C)NCC1CCC(C(C)C)CC1Cc1ccncc1. The molecule has 0 spiro atoms. The van der Waals surface area contributed by atoms with Gasteiger partial charge in [0.1, 0.15) is 0 Å². The standard InChI is InChI=1S/C19H32N2/c1-14(2)17-5-6-18(13-21-15(3)4)19(12-17)11-16-7-9-20-10-8-16/h7-10,14-15,17-19,21H,5-6,11-13H2,1-4H3. The summed E-state index contributed by atoms with van der Waals surface area (Å²) in [5.74, 6) is 3.38. The Balaban J connectivity index is 2.01. The topological polar surface area (TPSA) is 24.9 Å². The van der Waals surface area contributed by atoms with Crippen molar-refractivity contribution >= 4 is 0 Å². The highest BCUT2D eigenvalue weighted by Crippen LogP contribution is 2.39. The van der Waals surface area contributed by atoms with Gasteiger partial charge in [-0.15, -0.1) is 0 Å². The lowest BCUT2D eigenvalue weighted by Crippen LogP contribution is -2.37. The fraction of sp³-hybridized carbons (Fsp3) is 0.737. The summed E-state index contributed by atoms with van der Waals surface area (Å²) in [6.45, 7) is 10.5. The monoisotopic (exact) mass is 288 g/mol. The van der Waals surface area contributed by atoms with Crippen molar-refractivity contribution in [1.82, 2.24) is 10.3 Å². The molecule has 1 saturated carbocycles. The van der Waals surface area contributed by atoms with E-state index in [0.29, 0.717) is 6.04 Å². The normalized spacial score (nSPS) is 26.5. The summed E-state index contributed by atoms with van der Waals surface area (Å²) in [7, 11) is 0. The summed E-state index contributed by atoms with van der Waals surface area (Å²) < 4.78 is 0. The van der Waals surface area contributed by atoms with Gasteiger partial charge in [0.2, 0.25) is 0 Å². The fourth-order valence-electron chi connectivity index (χ4n) is 3.70. The molecule has 2 heteroatoms. The van der Waals surface area contributed by atoms with Crippen LogP contribution in [0.15, 0.2) is 24.5 Å². The van der Waals surface area contributed by atoms with Crippen molar-refractivity contribution in [2.45, 2.75) is 59.4 Å². The molecular formula is C19H32N2. The number of nitrogens with one attached hydrogen (secondary N) is 1. The Labute approximate surface area is 130 Å². The van der Waals surface area contributed by atoms with Crippen molar-refractivity contribution in [3.05, 3.63) is 30.1 Å². The molecule has 0 amide bonds. The highest BCUT2D eigenvalue weighted by Gasteiger charge is 2.31. The lowest BCUT2D eigenvalue weighted by molar-refractivity contribution is 0.143. The molecule has 1 aliphatic rings. The zero-order valence-electron chi connectivity index (χ0n) is 14.2. The van der Waals surface area contributed by atoms with Gasteiger partial charge >= 0.3 is 0 Å². The van der Waals surface area contributed by atoms with Crippen LogP contribution >= 0.6 is 0 Å². The maximum Gasteiger partial charge on any atom is 0.0270 e. The quantitative estimate of drug-likeness (QED) is 0.843. The number of pyridine rings is 1. The number of hydrogen-bond acceptors (Lipinski definition) is 2. The minimum atomic E-state index is 0.592. The van der Waals surface area contributed by atoms with Crippen LogP contribution in [0.1, 0.15) is 52.5 Å². The van der Waals surface area contributed by atoms with Gasteiger partial charge in [0.05, 0.1) is 0 Å². The Bertz CT molecular complexity index is 399. The van der Waals surface area contributed by atoms with Gasteiger partial charge in [-0.2, -0.15) is 0 Å². The third-order valence-corrected chi connectivity index (χ3v) is 5.16. The number of rotatable bonds is 6. The summed E-state index contributed by atoms with van der Waals surface area (Å²) >= 11 is 0. The molecule has 0 saturated heterocycles. The molecule has 1 aromatic heterocycles.